The molecule has 0 bridgehead atoms. The van der Waals surface area contributed by atoms with Crippen molar-refractivity contribution in [3.63, 3.8) is 0 Å². The summed E-state index contributed by atoms with van der Waals surface area (Å²) in [6, 6.07) is 4.65. The van der Waals surface area contributed by atoms with E-state index in [4.69, 9.17) is 0 Å². The number of halogens is 2. The fourth-order valence-corrected chi connectivity index (χ4v) is 3.20. The first kappa shape index (κ1) is 16.2. The maximum atomic E-state index is 14.1. The molecule has 1 unspecified atom stereocenters. The van der Waals surface area contributed by atoms with Crippen molar-refractivity contribution in [3.8, 4) is 0 Å². The monoisotopic (exact) mass is 350 g/mol. The molecular formula is C18H20BrFO. The Hall–Kier alpha value is -1.19. The predicted molar refractivity (Wildman–Crippen MR) is 88.3 cm³/mol. The van der Waals surface area contributed by atoms with Crippen LogP contribution >= 0.6 is 15.9 Å². The summed E-state index contributed by atoms with van der Waals surface area (Å²) in [5.74, 6) is -0.389. The normalized spacial score (nSPS) is 12.6. The number of aliphatic hydroxyl groups excluding tert-OH is 1. The lowest BCUT2D eigenvalue weighted by atomic mass is 9.85. The quantitative estimate of drug-likeness (QED) is 0.787. The summed E-state index contributed by atoms with van der Waals surface area (Å²) in [6.07, 6.45) is -0.958. The van der Waals surface area contributed by atoms with Crippen LogP contribution in [0.2, 0.25) is 0 Å². The Morgan fingerprint density at radius 2 is 1.38 bits per heavy atom. The first-order chi connectivity index (χ1) is 9.75. The first-order valence-electron chi connectivity index (χ1n) is 6.95. The van der Waals surface area contributed by atoms with E-state index in [1.54, 1.807) is 12.1 Å². The van der Waals surface area contributed by atoms with Crippen LogP contribution in [0.1, 0.15) is 45.0 Å². The molecule has 0 aliphatic heterocycles. The van der Waals surface area contributed by atoms with Gasteiger partial charge in [-0.1, -0.05) is 15.9 Å². The predicted octanol–water partition coefficient (Wildman–Crippen LogP) is 5.21. The number of hydrogen-bond acceptors (Lipinski definition) is 1. The van der Waals surface area contributed by atoms with E-state index in [0.29, 0.717) is 5.56 Å². The van der Waals surface area contributed by atoms with E-state index < -0.39 is 6.10 Å². The summed E-state index contributed by atoms with van der Waals surface area (Å²) >= 11 is 3.34. The van der Waals surface area contributed by atoms with Gasteiger partial charge in [-0.3, -0.25) is 0 Å². The molecule has 112 valence electrons. The Bertz CT molecular complexity index is 678. The zero-order valence-electron chi connectivity index (χ0n) is 13.0. The number of aliphatic hydroxyl groups is 1. The lowest BCUT2D eigenvalue weighted by Crippen LogP contribution is -2.10. The van der Waals surface area contributed by atoms with E-state index in [-0.39, 0.29) is 5.82 Å². The zero-order chi connectivity index (χ0) is 15.9. The molecule has 0 spiro atoms. The molecule has 0 heterocycles. The second-order valence-electron chi connectivity index (χ2n) is 5.61. The van der Waals surface area contributed by atoms with Gasteiger partial charge < -0.3 is 5.11 Å². The minimum atomic E-state index is -0.958. The molecule has 0 fully saturated rings. The first-order valence-corrected chi connectivity index (χ1v) is 7.74. The van der Waals surface area contributed by atoms with Crippen LogP contribution in [0.15, 0.2) is 22.7 Å². The van der Waals surface area contributed by atoms with Gasteiger partial charge in [-0.2, -0.15) is 0 Å². The van der Waals surface area contributed by atoms with Crippen molar-refractivity contribution in [3.05, 3.63) is 67.4 Å². The van der Waals surface area contributed by atoms with Gasteiger partial charge in [-0.15, -0.1) is 0 Å². The third kappa shape index (κ3) is 2.77. The van der Waals surface area contributed by atoms with E-state index in [0.717, 1.165) is 32.3 Å². The van der Waals surface area contributed by atoms with Gasteiger partial charge in [0.2, 0.25) is 0 Å². The van der Waals surface area contributed by atoms with E-state index in [2.05, 4.69) is 22.9 Å². The van der Waals surface area contributed by atoms with E-state index >= 15 is 0 Å². The van der Waals surface area contributed by atoms with Crippen molar-refractivity contribution in [2.45, 2.75) is 40.7 Å². The van der Waals surface area contributed by atoms with Crippen LogP contribution < -0.4 is 0 Å². The number of benzene rings is 2. The topological polar surface area (TPSA) is 20.2 Å². The van der Waals surface area contributed by atoms with Crippen molar-refractivity contribution in [2.24, 2.45) is 0 Å². The molecule has 2 aromatic rings. The Balaban J connectivity index is 2.69. The molecule has 0 amide bonds. The summed E-state index contributed by atoms with van der Waals surface area (Å²) in [5, 5.41) is 10.7. The fraction of sp³-hybridized carbons (Fsp3) is 0.333. The maximum absolute atomic E-state index is 14.1. The van der Waals surface area contributed by atoms with E-state index in [9.17, 15) is 9.50 Å². The second-order valence-corrected chi connectivity index (χ2v) is 6.52. The van der Waals surface area contributed by atoms with Crippen LogP contribution in [-0.2, 0) is 0 Å². The molecule has 1 atom stereocenters. The van der Waals surface area contributed by atoms with E-state index in [1.807, 2.05) is 27.7 Å². The number of hydrogen-bond donors (Lipinski definition) is 1. The number of rotatable bonds is 2. The van der Waals surface area contributed by atoms with Gasteiger partial charge in [0.25, 0.3) is 0 Å². The SMILES string of the molecule is Cc1c(C)c(C)c(C(O)c2cc(Br)ccc2F)c(C)c1C. The summed E-state index contributed by atoms with van der Waals surface area (Å²) in [5.41, 5.74) is 6.72. The van der Waals surface area contributed by atoms with Gasteiger partial charge in [-0.25, -0.2) is 4.39 Å². The van der Waals surface area contributed by atoms with E-state index in [1.165, 1.54) is 11.6 Å². The Kier molecular flexibility index (Phi) is 4.54. The summed E-state index contributed by atoms with van der Waals surface area (Å²) in [7, 11) is 0. The van der Waals surface area contributed by atoms with Crippen molar-refractivity contribution < 1.29 is 9.50 Å². The van der Waals surface area contributed by atoms with Crippen molar-refractivity contribution in [2.75, 3.05) is 0 Å². The Morgan fingerprint density at radius 1 is 0.905 bits per heavy atom. The van der Waals surface area contributed by atoms with Crippen LogP contribution in [0.25, 0.3) is 0 Å². The van der Waals surface area contributed by atoms with Crippen LogP contribution in [0, 0.1) is 40.4 Å². The molecule has 1 nitrogen and oxygen atoms in total. The Labute approximate surface area is 134 Å². The van der Waals surface area contributed by atoms with Crippen LogP contribution in [0.5, 0.6) is 0 Å². The molecule has 3 heteroatoms. The third-order valence-corrected chi connectivity index (χ3v) is 5.08. The van der Waals surface area contributed by atoms with Gasteiger partial charge in [0.15, 0.2) is 0 Å². The maximum Gasteiger partial charge on any atom is 0.129 e. The van der Waals surface area contributed by atoms with Crippen molar-refractivity contribution in [1.82, 2.24) is 0 Å². The van der Waals surface area contributed by atoms with Gasteiger partial charge in [0, 0.05) is 10.0 Å². The van der Waals surface area contributed by atoms with Crippen LogP contribution in [0.3, 0.4) is 0 Å². The largest absolute Gasteiger partial charge is 0.384 e. The molecule has 2 rings (SSSR count). The molecular weight excluding hydrogens is 331 g/mol. The molecule has 0 saturated heterocycles. The standard InChI is InChI=1S/C18H20BrFO/c1-9-10(2)12(4)17(13(5)11(9)3)18(21)15-8-14(19)6-7-16(15)20/h6-8,18,21H,1-5H3. The average Bonchev–Trinajstić information content (AvgIpc) is 2.45. The van der Waals surface area contributed by atoms with Gasteiger partial charge in [0.1, 0.15) is 11.9 Å². The molecule has 0 aromatic heterocycles. The fourth-order valence-electron chi connectivity index (χ4n) is 2.82. The average molecular weight is 351 g/mol. The second kappa shape index (κ2) is 5.90. The summed E-state index contributed by atoms with van der Waals surface area (Å²) in [6.45, 7) is 10.2. The summed E-state index contributed by atoms with van der Waals surface area (Å²) < 4.78 is 14.8. The molecule has 0 radical (unpaired) electrons. The minimum Gasteiger partial charge on any atom is -0.384 e. The van der Waals surface area contributed by atoms with Gasteiger partial charge >= 0.3 is 0 Å². The molecule has 0 aliphatic carbocycles. The van der Waals surface area contributed by atoms with Crippen molar-refractivity contribution >= 4 is 15.9 Å². The molecule has 21 heavy (non-hydrogen) atoms. The third-order valence-electron chi connectivity index (χ3n) is 4.58. The van der Waals surface area contributed by atoms with Gasteiger partial charge in [0.05, 0.1) is 0 Å². The van der Waals surface area contributed by atoms with Gasteiger partial charge in [-0.05, 0) is 86.2 Å². The molecule has 0 aliphatic rings. The zero-order valence-corrected chi connectivity index (χ0v) is 14.6. The lowest BCUT2D eigenvalue weighted by Gasteiger charge is -2.23. The highest BCUT2D eigenvalue weighted by atomic mass is 79.9. The minimum absolute atomic E-state index is 0.304. The lowest BCUT2D eigenvalue weighted by molar-refractivity contribution is 0.213. The summed E-state index contributed by atoms with van der Waals surface area (Å²) in [4.78, 5) is 0. The molecule has 0 saturated carbocycles. The highest BCUT2D eigenvalue weighted by Crippen LogP contribution is 2.35. The van der Waals surface area contributed by atoms with Crippen LogP contribution in [-0.4, -0.2) is 5.11 Å². The Morgan fingerprint density at radius 3 is 1.90 bits per heavy atom. The highest BCUT2D eigenvalue weighted by molar-refractivity contribution is 9.10. The highest BCUT2D eigenvalue weighted by Gasteiger charge is 2.22. The molecule has 2 aromatic carbocycles. The smallest absolute Gasteiger partial charge is 0.129 e. The van der Waals surface area contributed by atoms with Crippen LogP contribution in [0.4, 0.5) is 4.39 Å². The molecule has 1 N–H and O–H groups in total. The van der Waals surface area contributed by atoms with Crippen molar-refractivity contribution in [1.29, 1.82) is 0 Å².